The first-order valence-electron chi connectivity index (χ1n) is 3.82. The zero-order valence-corrected chi connectivity index (χ0v) is 8.28. The van der Waals surface area contributed by atoms with Gasteiger partial charge in [0.05, 0.1) is 5.52 Å². The Morgan fingerprint density at radius 3 is 2.85 bits per heavy atom. The predicted molar refractivity (Wildman–Crippen MR) is 55.7 cm³/mol. The molecule has 2 nitrogen and oxygen atoms in total. The molecule has 1 heterocycles. The Hall–Kier alpha value is -1.22. The molecular formula is C10H6BrNO. The summed E-state index contributed by atoms with van der Waals surface area (Å²) < 4.78 is 0.838. The van der Waals surface area contributed by atoms with E-state index in [2.05, 4.69) is 20.9 Å². The molecule has 0 aliphatic heterocycles. The molecule has 0 radical (unpaired) electrons. The molecule has 1 aromatic heterocycles. The third-order valence-corrected chi connectivity index (χ3v) is 2.43. The van der Waals surface area contributed by atoms with Gasteiger partial charge in [-0.25, -0.2) is 0 Å². The molecule has 2 aromatic rings. The normalized spacial score (nSPS) is 10.2. The fourth-order valence-electron chi connectivity index (χ4n) is 1.18. The first kappa shape index (κ1) is 8.38. The topological polar surface area (TPSA) is 30.0 Å². The van der Waals surface area contributed by atoms with Crippen molar-refractivity contribution in [2.24, 2.45) is 0 Å². The highest BCUT2D eigenvalue weighted by Gasteiger charge is 1.98. The van der Waals surface area contributed by atoms with Crippen molar-refractivity contribution >= 4 is 26.8 Å². The Labute approximate surface area is 83.4 Å². The fourth-order valence-corrected chi connectivity index (χ4v) is 1.65. The Balaban J connectivity index is 3.10. The van der Waals surface area contributed by atoms with Crippen molar-refractivity contribution in [2.75, 3.05) is 0 Å². The summed E-state index contributed by atoms with van der Waals surface area (Å²) in [6.07, 6.45) is 1.67. The van der Waals surface area contributed by atoms with E-state index in [-0.39, 0.29) is 5.43 Å². The number of nitrogens with zero attached hydrogens (tertiary/aromatic N) is 1. The molecule has 3 heteroatoms. The summed E-state index contributed by atoms with van der Waals surface area (Å²) in [5.74, 6) is 0. The fraction of sp³-hybridized carbons (Fsp3) is 0. The number of hydrogen-bond acceptors (Lipinski definition) is 2. The van der Waals surface area contributed by atoms with Gasteiger partial charge in [0.2, 0.25) is 0 Å². The van der Waals surface area contributed by atoms with Gasteiger partial charge in [0.15, 0.2) is 5.43 Å². The second-order valence-electron chi connectivity index (χ2n) is 2.64. The van der Waals surface area contributed by atoms with Crippen LogP contribution in [0.4, 0.5) is 0 Å². The summed E-state index contributed by atoms with van der Waals surface area (Å²) in [4.78, 5) is 15.6. The largest absolute Gasteiger partial charge is 0.289 e. The zero-order chi connectivity index (χ0) is 9.26. The van der Waals surface area contributed by atoms with E-state index in [1.54, 1.807) is 24.4 Å². The van der Waals surface area contributed by atoms with E-state index < -0.39 is 0 Å². The van der Waals surface area contributed by atoms with Gasteiger partial charge in [-0.1, -0.05) is 6.07 Å². The summed E-state index contributed by atoms with van der Waals surface area (Å²) in [6, 6.07) is 8.60. The van der Waals surface area contributed by atoms with Crippen LogP contribution in [0.15, 0.2) is 45.8 Å². The van der Waals surface area contributed by atoms with Gasteiger partial charge in [-0.15, -0.1) is 0 Å². The first-order chi connectivity index (χ1) is 6.29. The zero-order valence-electron chi connectivity index (χ0n) is 6.70. The minimum atomic E-state index is -0.00574. The number of pyridine rings is 1. The standard InChI is InChI=1S/C10H6BrNO/c11-8-4-1-5-9(13)7-3-2-6-12-10(7)8/h1-6H. The van der Waals surface area contributed by atoms with E-state index >= 15 is 0 Å². The van der Waals surface area contributed by atoms with Crippen LogP contribution in [0.3, 0.4) is 0 Å². The molecule has 64 valence electrons. The highest BCUT2D eigenvalue weighted by atomic mass is 79.9. The molecular weight excluding hydrogens is 230 g/mol. The van der Waals surface area contributed by atoms with Crippen LogP contribution >= 0.6 is 15.9 Å². The van der Waals surface area contributed by atoms with Gasteiger partial charge in [0, 0.05) is 16.1 Å². The van der Waals surface area contributed by atoms with E-state index in [0.717, 1.165) is 4.47 Å². The smallest absolute Gasteiger partial charge is 0.188 e. The maximum absolute atomic E-state index is 11.5. The van der Waals surface area contributed by atoms with Crippen LogP contribution in [-0.2, 0) is 0 Å². The number of fused-ring (bicyclic) bond motifs is 1. The summed E-state index contributed by atoms with van der Waals surface area (Å²) >= 11 is 3.36. The summed E-state index contributed by atoms with van der Waals surface area (Å²) in [5.41, 5.74) is 0.700. The lowest BCUT2D eigenvalue weighted by Gasteiger charge is -1.90. The molecule has 2 rings (SSSR count). The summed E-state index contributed by atoms with van der Waals surface area (Å²) in [5, 5.41) is 0.638. The molecule has 0 spiro atoms. The molecule has 0 bridgehead atoms. The van der Waals surface area contributed by atoms with Crippen molar-refractivity contribution in [1.82, 2.24) is 4.98 Å². The maximum atomic E-state index is 11.5. The Bertz CT molecular complexity index is 510. The lowest BCUT2D eigenvalue weighted by Crippen LogP contribution is -1.94. The van der Waals surface area contributed by atoms with Crippen LogP contribution in [0.5, 0.6) is 0 Å². The molecule has 0 aliphatic carbocycles. The minimum Gasteiger partial charge on any atom is -0.289 e. The maximum Gasteiger partial charge on any atom is 0.188 e. The quantitative estimate of drug-likeness (QED) is 0.702. The second kappa shape index (κ2) is 3.26. The Morgan fingerprint density at radius 1 is 1.15 bits per heavy atom. The lowest BCUT2D eigenvalue weighted by molar-refractivity contribution is 1.41. The predicted octanol–water partition coefficient (Wildman–Crippen LogP) is 2.36. The van der Waals surface area contributed by atoms with Crippen molar-refractivity contribution in [3.05, 3.63) is 51.2 Å². The van der Waals surface area contributed by atoms with E-state index in [4.69, 9.17) is 0 Å². The van der Waals surface area contributed by atoms with Gasteiger partial charge in [0.25, 0.3) is 0 Å². The van der Waals surface area contributed by atoms with Crippen molar-refractivity contribution in [1.29, 1.82) is 0 Å². The van der Waals surface area contributed by atoms with E-state index in [1.807, 2.05) is 6.07 Å². The van der Waals surface area contributed by atoms with Crippen molar-refractivity contribution in [2.45, 2.75) is 0 Å². The first-order valence-corrected chi connectivity index (χ1v) is 4.62. The number of halogens is 1. The van der Waals surface area contributed by atoms with Crippen LogP contribution < -0.4 is 5.43 Å². The van der Waals surface area contributed by atoms with E-state index in [9.17, 15) is 4.79 Å². The molecule has 0 atom stereocenters. The van der Waals surface area contributed by atoms with Crippen molar-refractivity contribution < 1.29 is 0 Å². The number of rotatable bonds is 0. The SMILES string of the molecule is O=c1cccc(Br)c2ncccc12. The molecule has 13 heavy (non-hydrogen) atoms. The molecule has 0 saturated heterocycles. The van der Waals surface area contributed by atoms with E-state index in [1.165, 1.54) is 6.07 Å². The highest BCUT2D eigenvalue weighted by molar-refractivity contribution is 9.10. The van der Waals surface area contributed by atoms with Gasteiger partial charge >= 0.3 is 0 Å². The van der Waals surface area contributed by atoms with Gasteiger partial charge < -0.3 is 0 Å². The molecule has 0 amide bonds. The lowest BCUT2D eigenvalue weighted by atomic mass is 10.3. The minimum absolute atomic E-state index is 0.00574. The van der Waals surface area contributed by atoms with Crippen LogP contribution in [-0.4, -0.2) is 4.98 Å². The Kier molecular flexibility index (Phi) is 2.10. The number of hydrogen-bond donors (Lipinski definition) is 0. The second-order valence-corrected chi connectivity index (χ2v) is 3.49. The van der Waals surface area contributed by atoms with Crippen molar-refractivity contribution in [3.63, 3.8) is 0 Å². The van der Waals surface area contributed by atoms with Gasteiger partial charge in [-0.3, -0.25) is 9.78 Å². The highest BCUT2D eigenvalue weighted by Crippen LogP contribution is 2.16. The van der Waals surface area contributed by atoms with Gasteiger partial charge in [0.1, 0.15) is 0 Å². The van der Waals surface area contributed by atoms with Crippen LogP contribution in [0, 0.1) is 0 Å². The van der Waals surface area contributed by atoms with Crippen molar-refractivity contribution in [3.8, 4) is 0 Å². The third-order valence-electron chi connectivity index (χ3n) is 1.79. The third kappa shape index (κ3) is 1.47. The molecule has 0 fully saturated rings. The average molecular weight is 236 g/mol. The van der Waals surface area contributed by atoms with E-state index in [0.29, 0.717) is 10.9 Å². The van der Waals surface area contributed by atoms with Gasteiger partial charge in [-0.05, 0) is 40.2 Å². The summed E-state index contributed by atoms with van der Waals surface area (Å²) in [6.45, 7) is 0. The number of aromatic nitrogens is 1. The monoisotopic (exact) mass is 235 g/mol. The van der Waals surface area contributed by atoms with Crippen LogP contribution in [0.25, 0.3) is 10.9 Å². The van der Waals surface area contributed by atoms with Crippen LogP contribution in [0.2, 0.25) is 0 Å². The van der Waals surface area contributed by atoms with Gasteiger partial charge in [-0.2, -0.15) is 0 Å². The molecule has 0 unspecified atom stereocenters. The average Bonchev–Trinajstić information content (AvgIpc) is 2.29. The molecule has 1 aromatic carbocycles. The Morgan fingerprint density at radius 2 is 2.00 bits per heavy atom. The molecule has 0 saturated carbocycles. The summed E-state index contributed by atoms with van der Waals surface area (Å²) in [7, 11) is 0. The molecule has 0 N–H and O–H groups in total. The molecule has 0 aliphatic rings. The van der Waals surface area contributed by atoms with Crippen LogP contribution in [0.1, 0.15) is 0 Å².